The van der Waals surface area contributed by atoms with E-state index in [1.165, 1.54) is 5.56 Å². The maximum atomic E-state index is 8.51. The Kier molecular flexibility index (Phi) is 2.67. The first-order chi connectivity index (χ1) is 5.24. The third kappa shape index (κ3) is 2.06. The van der Waals surface area contributed by atoms with E-state index in [2.05, 4.69) is 28.9 Å². The number of hydrogen-bond donors (Lipinski definition) is 0. The predicted octanol–water partition coefficient (Wildman–Crippen LogP) is 3.01. The fourth-order valence-electron chi connectivity index (χ4n) is 0.823. The Balaban J connectivity index is 2.94. The van der Waals surface area contributed by atoms with E-state index in [0.29, 0.717) is 10.4 Å². The van der Waals surface area contributed by atoms with Gasteiger partial charge in [-0.2, -0.15) is 5.26 Å². The van der Waals surface area contributed by atoms with E-state index in [1.54, 1.807) is 0 Å². The molecule has 0 spiro atoms. The highest BCUT2D eigenvalue weighted by molar-refractivity contribution is 9.09. The van der Waals surface area contributed by atoms with E-state index >= 15 is 0 Å². The van der Waals surface area contributed by atoms with Crippen molar-refractivity contribution in [2.45, 2.75) is 11.8 Å². The summed E-state index contributed by atoms with van der Waals surface area (Å²) in [6.07, 6.45) is 0. The molecule has 11 heavy (non-hydrogen) atoms. The molecular formula is C9H8BrN. The standard InChI is InChI=1S/C9H8BrN/c1-7(10)9-4-2-8(6-11)3-5-9/h2-5,7H,1H3/t7-/m1/s1. The molecule has 0 saturated carbocycles. The molecule has 0 aliphatic rings. The van der Waals surface area contributed by atoms with Gasteiger partial charge in [0.25, 0.3) is 0 Å². The van der Waals surface area contributed by atoms with Crippen LogP contribution in [0.2, 0.25) is 0 Å². The maximum Gasteiger partial charge on any atom is 0.0991 e. The zero-order valence-corrected chi connectivity index (χ0v) is 7.80. The molecule has 0 amide bonds. The van der Waals surface area contributed by atoms with Crippen LogP contribution in [0.1, 0.15) is 22.9 Å². The molecule has 1 aromatic carbocycles. The van der Waals surface area contributed by atoms with Gasteiger partial charge >= 0.3 is 0 Å². The summed E-state index contributed by atoms with van der Waals surface area (Å²) >= 11 is 3.45. The molecule has 0 saturated heterocycles. The normalized spacial score (nSPS) is 12.1. The van der Waals surface area contributed by atoms with Crippen LogP contribution in [0.5, 0.6) is 0 Å². The van der Waals surface area contributed by atoms with Gasteiger partial charge in [0.2, 0.25) is 0 Å². The van der Waals surface area contributed by atoms with E-state index in [9.17, 15) is 0 Å². The lowest BCUT2D eigenvalue weighted by molar-refractivity contribution is 1.12. The molecule has 0 fully saturated rings. The van der Waals surface area contributed by atoms with E-state index in [4.69, 9.17) is 5.26 Å². The second-order valence-electron chi connectivity index (χ2n) is 2.35. The Labute approximate surface area is 74.8 Å². The highest BCUT2D eigenvalue weighted by Gasteiger charge is 1.98. The van der Waals surface area contributed by atoms with Crippen LogP contribution in [0.4, 0.5) is 0 Å². The summed E-state index contributed by atoms with van der Waals surface area (Å²) in [7, 11) is 0. The highest BCUT2D eigenvalue weighted by Crippen LogP contribution is 2.21. The molecule has 1 nitrogen and oxygen atoms in total. The van der Waals surface area contributed by atoms with Gasteiger partial charge in [-0.1, -0.05) is 28.1 Å². The van der Waals surface area contributed by atoms with Crippen LogP contribution in [0.15, 0.2) is 24.3 Å². The van der Waals surface area contributed by atoms with Crippen molar-refractivity contribution in [1.82, 2.24) is 0 Å². The number of halogens is 1. The molecule has 2 heteroatoms. The van der Waals surface area contributed by atoms with E-state index in [-0.39, 0.29) is 0 Å². The van der Waals surface area contributed by atoms with Crippen LogP contribution >= 0.6 is 15.9 Å². The molecule has 56 valence electrons. The van der Waals surface area contributed by atoms with Gasteiger partial charge < -0.3 is 0 Å². The minimum absolute atomic E-state index is 0.357. The molecule has 0 aliphatic carbocycles. The summed E-state index contributed by atoms with van der Waals surface area (Å²) in [5.41, 5.74) is 1.91. The Morgan fingerprint density at radius 2 is 1.91 bits per heavy atom. The molecule has 0 bridgehead atoms. The lowest BCUT2D eigenvalue weighted by Crippen LogP contribution is -1.82. The molecular weight excluding hydrogens is 202 g/mol. The third-order valence-corrected chi connectivity index (χ3v) is 2.03. The average Bonchev–Trinajstić information content (AvgIpc) is 2.05. The molecule has 1 rings (SSSR count). The lowest BCUT2D eigenvalue weighted by atomic mass is 10.1. The van der Waals surface area contributed by atoms with E-state index in [0.717, 1.165) is 0 Å². The summed E-state index contributed by atoms with van der Waals surface area (Å²) in [5, 5.41) is 8.51. The maximum absolute atomic E-state index is 8.51. The van der Waals surface area contributed by atoms with Crippen molar-refractivity contribution in [3.8, 4) is 6.07 Å². The van der Waals surface area contributed by atoms with Crippen molar-refractivity contribution in [3.05, 3.63) is 35.4 Å². The number of nitrogens with zero attached hydrogens (tertiary/aromatic N) is 1. The largest absolute Gasteiger partial charge is 0.192 e. The van der Waals surface area contributed by atoms with Gasteiger partial charge in [0.1, 0.15) is 0 Å². The molecule has 0 aliphatic heterocycles. The zero-order valence-electron chi connectivity index (χ0n) is 6.21. The van der Waals surface area contributed by atoms with Crippen LogP contribution in [0.25, 0.3) is 0 Å². The first-order valence-electron chi connectivity index (χ1n) is 3.38. The van der Waals surface area contributed by atoms with Gasteiger partial charge in [-0.25, -0.2) is 0 Å². The van der Waals surface area contributed by atoms with Gasteiger partial charge in [0.05, 0.1) is 11.6 Å². The second-order valence-corrected chi connectivity index (χ2v) is 3.72. The summed E-state index contributed by atoms with van der Waals surface area (Å²) in [5.74, 6) is 0. The first kappa shape index (κ1) is 8.29. The highest BCUT2D eigenvalue weighted by atomic mass is 79.9. The van der Waals surface area contributed by atoms with Gasteiger partial charge in [-0.15, -0.1) is 0 Å². The number of benzene rings is 1. The van der Waals surface area contributed by atoms with Crippen molar-refractivity contribution >= 4 is 15.9 Å². The minimum Gasteiger partial charge on any atom is -0.192 e. The molecule has 0 heterocycles. The summed E-state index contributed by atoms with van der Waals surface area (Å²) < 4.78 is 0. The number of hydrogen-bond acceptors (Lipinski definition) is 1. The Morgan fingerprint density at radius 3 is 2.27 bits per heavy atom. The number of rotatable bonds is 1. The molecule has 0 N–H and O–H groups in total. The second kappa shape index (κ2) is 3.54. The van der Waals surface area contributed by atoms with Crippen molar-refractivity contribution in [3.63, 3.8) is 0 Å². The van der Waals surface area contributed by atoms with E-state index < -0.39 is 0 Å². The fourth-order valence-corrected chi connectivity index (χ4v) is 1.13. The quantitative estimate of drug-likeness (QED) is 0.653. The lowest BCUT2D eigenvalue weighted by Gasteiger charge is -2.01. The van der Waals surface area contributed by atoms with Crippen LogP contribution < -0.4 is 0 Å². The van der Waals surface area contributed by atoms with Crippen LogP contribution in [0.3, 0.4) is 0 Å². The molecule has 1 atom stereocenters. The number of nitriles is 1. The predicted molar refractivity (Wildman–Crippen MR) is 48.5 cm³/mol. The SMILES string of the molecule is C[C@@H](Br)c1ccc(C#N)cc1. The Morgan fingerprint density at radius 1 is 1.36 bits per heavy atom. The van der Waals surface area contributed by atoms with Crippen molar-refractivity contribution in [2.24, 2.45) is 0 Å². The average molecular weight is 210 g/mol. The molecule has 0 aromatic heterocycles. The summed E-state index contributed by atoms with van der Waals surface area (Å²) in [4.78, 5) is 0.357. The first-order valence-corrected chi connectivity index (χ1v) is 4.29. The van der Waals surface area contributed by atoms with Crippen LogP contribution in [-0.4, -0.2) is 0 Å². The van der Waals surface area contributed by atoms with Gasteiger partial charge in [0.15, 0.2) is 0 Å². The Hall–Kier alpha value is -0.810. The summed E-state index contributed by atoms with van der Waals surface area (Å²) in [6.45, 7) is 2.06. The minimum atomic E-state index is 0.357. The third-order valence-electron chi connectivity index (χ3n) is 1.50. The van der Waals surface area contributed by atoms with Crippen LogP contribution in [0, 0.1) is 11.3 Å². The van der Waals surface area contributed by atoms with Crippen molar-refractivity contribution < 1.29 is 0 Å². The van der Waals surface area contributed by atoms with Crippen molar-refractivity contribution in [2.75, 3.05) is 0 Å². The topological polar surface area (TPSA) is 23.8 Å². The zero-order chi connectivity index (χ0) is 8.27. The fraction of sp³-hybridized carbons (Fsp3) is 0.222. The van der Waals surface area contributed by atoms with Gasteiger partial charge in [0, 0.05) is 4.83 Å². The number of alkyl halides is 1. The Bertz CT molecular complexity index is 269. The van der Waals surface area contributed by atoms with Gasteiger partial charge in [-0.3, -0.25) is 0 Å². The summed E-state index contributed by atoms with van der Waals surface area (Å²) in [6, 6.07) is 9.64. The smallest absolute Gasteiger partial charge is 0.0991 e. The molecule has 0 unspecified atom stereocenters. The molecule has 0 radical (unpaired) electrons. The molecule has 1 aromatic rings. The van der Waals surface area contributed by atoms with Crippen LogP contribution in [-0.2, 0) is 0 Å². The van der Waals surface area contributed by atoms with Crippen molar-refractivity contribution in [1.29, 1.82) is 5.26 Å². The monoisotopic (exact) mass is 209 g/mol. The van der Waals surface area contributed by atoms with Gasteiger partial charge in [-0.05, 0) is 24.6 Å². The van der Waals surface area contributed by atoms with E-state index in [1.807, 2.05) is 24.3 Å².